The Morgan fingerprint density at radius 2 is 2.50 bits per heavy atom. The molecular formula is C11H14N4OS2. The van der Waals surface area contributed by atoms with Gasteiger partial charge in [0.25, 0.3) is 5.91 Å². The zero-order valence-corrected chi connectivity index (χ0v) is 11.8. The fourth-order valence-electron chi connectivity index (χ4n) is 1.71. The lowest BCUT2D eigenvalue weighted by Crippen LogP contribution is -2.28. The molecule has 0 saturated carbocycles. The number of H-pyrrole nitrogens is 1. The molecule has 7 heteroatoms. The first kappa shape index (κ1) is 13.0. The van der Waals surface area contributed by atoms with Crippen LogP contribution < -0.4 is 5.32 Å². The Kier molecular flexibility index (Phi) is 3.93. The van der Waals surface area contributed by atoms with Gasteiger partial charge in [0.05, 0.1) is 10.9 Å². The van der Waals surface area contributed by atoms with Gasteiger partial charge in [0.1, 0.15) is 0 Å². The third kappa shape index (κ3) is 2.51. The number of hydrogen-bond donors (Lipinski definition) is 2. The van der Waals surface area contributed by atoms with Gasteiger partial charge in [-0.2, -0.15) is 5.10 Å². The summed E-state index contributed by atoms with van der Waals surface area (Å²) < 4.78 is 2.44. The first-order chi connectivity index (χ1) is 8.63. The molecule has 0 radical (unpaired) electrons. The monoisotopic (exact) mass is 282 g/mol. The number of carbonyl (C=O) groups excluding carboxylic acids is 1. The molecule has 0 spiro atoms. The second-order valence-electron chi connectivity index (χ2n) is 3.80. The molecule has 1 atom stereocenters. The molecule has 0 unspecified atom stereocenters. The molecule has 18 heavy (non-hydrogen) atoms. The van der Waals surface area contributed by atoms with Crippen LogP contribution in [0.25, 0.3) is 0 Å². The van der Waals surface area contributed by atoms with Gasteiger partial charge in [0.15, 0.2) is 10.6 Å². The molecule has 0 saturated heterocycles. The first-order valence-electron chi connectivity index (χ1n) is 5.63. The molecule has 2 rings (SSSR count). The molecular weight excluding hydrogens is 268 g/mol. The third-order valence-corrected chi connectivity index (χ3v) is 3.76. The highest BCUT2D eigenvalue weighted by atomic mass is 32.1. The van der Waals surface area contributed by atoms with Gasteiger partial charge in [-0.25, -0.2) is 0 Å². The number of carbonyl (C=O) groups is 1. The molecule has 0 fully saturated rings. The third-order valence-electron chi connectivity index (χ3n) is 2.58. The number of hydrogen-bond acceptors (Lipinski definition) is 4. The van der Waals surface area contributed by atoms with E-state index >= 15 is 0 Å². The lowest BCUT2D eigenvalue weighted by molar-refractivity contribution is 0.0941. The van der Waals surface area contributed by atoms with Gasteiger partial charge in [0.2, 0.25) is 0 Å². The van der Waals surface area contributed by atoms with E-state index in [1.54, 1.807) is 6.07 Å². The Hall–Kier alpha value is -1.47. The van der Waals surface area contributed by atoms with Crippen LogP contribution in [0.5, 0.6) is 0 Å². The normalized spacial score (nSPS) is 12.3. The van der Waals surface area contributed by atoms with E-state index in [-0.39, 0.29) is 11.9 Å². The van der Waals surface area contributed by atoms with Crippen LogP contribution in [0.4, 0.5) is 0 Å². The van der Waals surface area contributed by atoms with Gasteiger partial charge < -0.3 is 9.88 Å². The van der Waals surface area contributed by atoms with Crippen LogP contribution in [0.1, 0.15) is 35.4 Å². The minimum absolute atomic E-state index is 0.0888. The molecule has 2 heterocycles. The summed E-state index contributed by atoms with van der Waals surface area (Å²) in [6, 6.07) is 3.46. The van der Waals surface area contributed by atoms with E-state index in [1.807, 2.05) is 29.9 Å². The van der Waals surface area contributed by atoms with Crippen molar-refractivity contribution in [3.05, 3.63) is 33.0 Å². The molecule has 96 valence electrons. The maximum absolute atomic E-state index is 11.9. The number of aromatic nitrogens is 3. The quantitative estimate of drug-likeness (QED) is 0.847. The van der Waals surface area contributed by atoms with Crippen LogP contribution in [0.3, 0.4) is 0 Å². The van der Waals surface area contributed by atoms with Crippen LogP contribution >= 0.6 is 23.6 Å². The molecule has 0 aliphatic rings. The van der Waals surface area contributed by atoms with E-state index in [0.29, 0.717) is 9.65 Å². The summed E-state index contributed by atoms with van der Waals surface area (Å²) >= 11 is 6.53. The van der Waals surface area contributed by atoms with Crippen molar-refractivity contribution in [2.75, 3.05) is 0 Å². The Labute approximate surface area is 114 Å². The van der Waals surface area contributed by atoms with Crippen LogP contribution in [-0.4, -0.2) is 20.7 Å². The molecule has 2 aromatic rings. The first-order valence-corrected chi connectivity index (χ1v) is 6.91. The van der Waals surface area contributed by atoms with Gasteiger partial charge in [-0.15, -0.1) is 11.3 Å². The van der Waals surface area contributed by atoms with Crippen molar-refractivity contribution >= 4 is 29.5 Å². The van der Waals surface area contributed by atoms with Crippen molar-refractivity contribution < 1.29 is 4.79 Å². The molecule has 0 bridgehead atoms. The molecule has 1 amide bonds. The van der Waals surface area contributed by atoms with Crippen LogP contribution in [0, 0.1) is 4.77 Å². The SMILES string of the molecule is CCn1c([C@@H](C)NC(=O)c2cccs2)n[nH]c1=S. The van der Waals surface area contributed by atoms with Crippen LogP contribution in [-0.2, 0) is 6.54 Å². The molecule has 0 aliphatic carbocycles. The van der Waals surface area contributed by atoms with Crippen molar-refractivity contribution in [1.29, 1.82) is 0 Å². The highest BCUT2D eigenvalue weighted by Gasteiger charge is 2.16. The summed E-state index contributed by atoms with van der Waals surface area (Å²) in [5.74, 6) is 0.654. The molecule has 0 aliphatic heterocycles. The maximum atomic E-state index is 11.9. The summed E-state index contributed by atoms with van der Waals surface area (Å²) in [7, 11) is 0. The minimum Gasteiger partial charge on any atom is -0.342 e. The molecule has 0 aromatic carbocycles. The highest BCUT2D eigenvalue weighted by Crippen LogP contribution is 2.13. The fraction of sp³-hybridized carbons (Fsp3) is 0.364. The summed E-state index contributed by atoms with van der Waals surface area (Å²) in [5.41, 5.74) is 0. The Balaban J connectivity index is 2.15. The smallest absolute Gasteiger partial charge is 0.261 e. The summed E-state index contributed by atoms with van der Waals surface area (Å²) in [6.07, 6.45) is 0. The molecule has 5 nitrogen and oxygen atoms in total. The van der Waals surface area contributed by atoms with Crippen molar-refractivity contribution in [3.63, 3.8) is 0 Å². The molecule has 2 aromatic heterocycles. The van der Waals surface area contributed by atoms with E-state index in [0.717, 1.165) is 12.4 Å². The number of amides is 1. The zero-order chi connectivity index (χ0) is 13.1. The lowest BCUT2D eigenvalue weighted by atomic mass is 10.3. The van der Waals surface area contributed by atoms with Gasteiger partial charge in [-0.3, -0.25) is 9.89 Å². The van der Waals surface area contributed by atoms with Gasteiger partial charge in [-0.05, 0) is 37.5 Å². The van der Waals surface area contributed by atoms with E-state index in [2.05, 4.69) is 15.5 Å². The van der Waals surface area contributed by atoms with Gasteiger partial charge >= 0.3 is 0 Å². The Morgan fingerprint density at radius 3 is 3.11 bits per heavy atom. The predicted molar refractivity (Wildman–Crippen MR) is 73.3 cm³/mol. The van der Waals surface area contributed by atoms with E-state index in [9.17, 15) is 4.79 Å². The van der Waals surface area contributed by atoms with Crippen molar-refractivity contribution in [2.45, 2.75) is 26.4 Å². The predicted octanol–water partition coefficient (Wildman–Crippen LogP) is 2.51. The number of thiophene rings is 1. The molecule has 2 N–H and O–H groups in total. The standard InChI is InChI=1S/C11H14N4OS2/c1-3-15-9(13-14-11(15)17)7(2)12-10(16)8-5-4-6-18-8/h4-7H,3H2,1-2H3,(H,12,16)(H,14,17)/t7-/m1/s1. The Bertz CT molecular complexity index is 584. The van der Waals surface area contributed by atoms with E-state index in [1.165, 1.54) is 11.3 Å². The van der Waals surface area contributed by atoms with Crippen molar-refractivity contribution in [3.8, 4) is 0 Å². The summed E-state index contributed by atoms with van der Waals surface area (Å²) in [6.45, 7) is 4.61. The van der Waals surface area contributed by atoms with Gasteiger partial charge in [-0.1, -0.05) is 6.07 Å². The second kappa shape index (κ2) is 5.45. The van der Waals surface area contributed by atoms with E-state index < -0.39 is 0 Å². The van der Waals surface area contributed by atoms with Crippen LogP contribution in [0.15, 0.2) is 17.5 Å². The minimum atomic E-state index is -0.188. The number of aromatic amines is 1. The van der Waals surface area contributed by atoms with E-state index in [4.69, 9.17) is 12.2 Å². The number of nitrogens with one attached hydrogen (secondary N) is 2. The fourth-order valence-corrected chi connectivity index (χ4v) is 2.60. The van der Waals surface area contributed by atoms with Crippen LogP contribution in [0.2, 0.25) is 0 Å². The number of rotatable bonds is 4. The number of nitrogens with zero attached hydrogens (tertiary/aromatic N) is 2. The van der Waals surface area contributed by atoms with Gasteiger partial charge in [0, 0.05) is 6.54 Å². The second-order valence-corrected chi connectivity index (χ2v) is 5.14. The average molecular weight is 282 g/mol. The average Bonchev–Trinajstić information content (AvgIpc) is 2.97. The van der Waals surface area contributed by atoms with Crippen molar-refractivity contribution in [1.82, 2.24) is 20.1 Å². The topological polar surface area (TPSA) is 62.7 Å². The summed E-state index contributed by atoms with van der Waals surface area (Å²) in [4.78, 5) is 12.6. The van der Waals surface area contributed by atoms with Crippen molar-refractivity contribution in [2.24, 2.45) is 0 Å². The summed E-state index contributed by atoms with van der Waals surface area (Å²) in [5, 5.41) is 11.7. The highest BCUT2D eigenvalue weighted by molar-refractivity contribution is 7.71. The Morgan fingerprint density at radius 1 is 1.72 bits per heavy atom. The lowest BCUT2D eigenvalue weighted by Gasteiger charge is -2.13. The largest absolute Gasteiger partial charge is 0.342 e. The zero-order valence-electron chi connectivity index (χ0n) is 10.1. The maximum Gasteiger partial charge on any atom is 0.261 e.